The molecule has 0 aliphatic carbocycles. The van der Waals surface area contributed by atoms with Gasteiger partial charge in [-0.1, -0.05) is 168 Å². The Morgan fingerprint density at radius 2 is 0.977 bits per heavy atom. The fourth-order valence-electron chi connectivity index (χ4n) is 6.51. The average Bonchev–Trinajstić information content (AvgIpc) is 4.17. The molecule has 0 N–H and O–H groups in total. The van der Waals surface area contributed by atoms with Crippen molar-refractivity contribution in [3.8, 4) is 0 Å². The molecule has 0 radical (unpaired) electrons. The Bertz CT molecular complexity index is 1680. The van der Waals surface area contributed by atoms with Crippen molar-refractivity contribution in [2.24, 2.45) is 63.2 Å². The summed E-state index contributed by atoms with van der Waals surface area (Å²) in [4.78, 5) is 39.9. The first-order valence-corrected chi connectivity index (χ1v) is 37.5. The predicted molar refractivity (Wildman–Crippen MR) is 410 cm³/mol. The van der Waals surface area contributed by atoms with Gasteiger partial charge >= 0.3 is 0 Å². The highest BCUT2D eigenvalue weighted by atomic mass is 32.2. The predicted octanol–water partition coefficient (Wildman–Crippen LogP) is 22.1. The van der Waals surface area contributed by atoms with Crippen molar-refractivity contribution in [2.45, 2.75) is 330 Å². The molecule has 0 aromatic heterocycles. The summed E-state index contributed by atoms with van der Waals surface area (Å²) in [5.41, 5.74) is 3.35. The van der Waals surface area contributed by atoms with Gasteiger partial charge < -0.3 is 28.7 Å². The second-order valence-corrected chi connectivity index (χ2v) is 23.4. The lowest BCUT2D eigenvalue weighted by molar-refractivity contribution is 0.0568. The first-order chi connectivity index (χ1) is 42.1. The molecule has 0 bridgehead atoms. The highest BCUT2D eigenvalue weighted by molar-refractivity contribution is 8.14. The maximum absolute atomic E-state index is 5.24. The third-order valence-electron chi connectivity index (χ3n) is 10.9. The number of oxime groups is 3. The molecule has 0 fully saturated rings. The molecule has 9 heterocycles. The summed E-state index contributed by atoms with van der Waals surface area (Å²) < 4.78 is 15.5. The molecule has 0 amide bonds. The van der Waals surface area contributed by atoms with Crippen LogP contribution in [0.3, 0.4) is 0 Å². The Labute approximate surface area is 561 Å². The van der Waals surface area contributed by atoms with Gasteiger partial charge in [-0.15, -0.1) is 35.3 Å². The van der Waals surface area contributed by atoms with Crippen LogP contribution in [0.1, 0.15) is 294 Å². The Morgan fingerprint density at radius 1 is 0.420 bits per heavy atom. The van der Waals surface area contributed by atoms with Crippen LogP contribution in [0.4, 0.5) is 0 Å². The lowest BCUT2D eigenvalue weighted by Crippen LogP contribution is -2.18. The monoisotopic (exact) mass is 1310 g/mol. The summed E-state index contributed by atoms with van der Waals surface area (Å²) in [7, 11) is 0. The summed E-state index contributed by atoms with van der Waals surface area (Å²) >= 11 is 5.60. The van der Waals surface area contributed by atoms with Crippen molar-refractivity contribution in [3.63, 3.8) is 0 Å². The number of thioether (sulfide) groups is 3. The number of hydrogen-bond acceptors (Lipinski definition) is 18. The highest BCUT2D eigenvalue weighted by Gasteiger charge is 2.13. The van der Waals surface area contributed by atoms with Crippen molar-refractivity contribution >= 4 is 85.2 Å². The molecule has 15 nitrogen and oxygen atoms in total. The standard InChI is InChI=1S/6C6H11NO.C6H11NS.2C5H9NS.9C2H6/c1-5-3-7-6(2)8-4-5;1-5-3-6(2)7-8-4-5;1-5-3-4-8-6(2)7-5;1-5-3-4-7-6(2)8-5;1-5-3-4-8-7-6(5)2;1-5-3-4-6(2)8-7-5;1-5-3-4-8-6(2)7-5;1-4-3-7-5(2)6-4;1-4-3-6-5(2)7-4;9*1-2/h5*5H,3-4H2,1-2H3;6H,3-4H2,1-2H3;5H,3-4H2,1-2H3;2*4H,3H2,1-2H3;9*1-2H3. The van der Waals surface area contributed by atoms with E-state index in [4.69, 9.17) is 28.7 Å². The van der Waals surface area contributed by atoms with Crippen LogP contribution in [-0.2, 0) is 28.7 Å². The first kappa shape index (κ1) is 104. The summed E-state index contributed by atoms with van der Waals surface area (Å²) in [6, 6.07) is 1.63. The van der Waals surface area contributed by atoms with Crippen LogP contribution in [0.15, 0.2) is 45.4 Å². The second-order valence-electron chi connectivity index (χ2n) is 19.2. The van der Waals surface area contributed by atoms with E-state index in [0.717, 1.165) is 125 Å². The largest absolute Gasteiger partial charge is 0.481 e. The van der Waals surface area contributed by atoms with Crippen molar-refractivity contribution in [1.29, 1.82) is 0 Å². The van der Waals surface area contributed by atoms with Gasteiger partial charge in [0, 0.05) is 81.3 Å². The topological polar surface area (TPSA) is 167 Å². The zero-order chi connectivity index (χ0) is 70.4. The van der Waals surface area contributed by atoms with Gasteiger partial charge in [-0.05, 0) is 114 Å². The smallest absolute Gasteiger partial charge is 0.180 e. The van der Waals surface area contributed by atoms with Crippen molar-refractivity contribution in [2.75, 3.05) is 57.6 Å². The third kappa shape index (κ3) is 75.3. The van der Waals surface area contributed by atoms with Crippen LogP contribution in [-0.4, -0.2) is 143 Å². The van der Waals surface area contributed by atoms with E-state index >= 15 is 0 Å². The maximum Gasteiger partial charge on any atom is 0.180 e. The zero-order valence-corrected chi connectivity index (χ0v) is 67.2. The lowest BCUT2D eigenvalue weighted by Gasteiger charge is -2.17. The molecule has 0 spiro atoms. The molecule has 0 aromatic carbocycles. The summed E-state index contributed by atoms with van der Waals surface area (Å²) in [5.74, 6) is 6.85. The van der Waals surface area contributed by atoms with Gasteiger partial charge in [-0.3, -0.25) is 30.0 Å². The van der Waals surface area contributed by atoms with Crippen LogP contribution < -0.4 is 0 Å². The highest BCUT2D eigenvalue weighted by Crippen LogP contribution is 2.19. The Balaban J connectivity index is -0.000000110. The van der Waals surface area contributed by atoms with Gasteiger partial charge in [-0.2, -0.15) is 0 Å². The number of nitrogens with zero attached hydrogens (tertiary/aromatic N) is 9. The van der Waals surface area contributed by atoms with Crippen molar-refractivity contribution in [1.82, 2.24) is 0 Å². The number of hydrogen-bond donors (Lipinski definition) is 0. The Morgan fingerprint density at radius 3 is 1.24 bits per heavy atom. The molecule has 18 heteroatoms. The normalized spacial score (nSPS) is 23.9. The molecule has 0 saturated carbocycles. The Hall–Kier alpha value is -3.12. The van der Waals surface area contributed by atoms with Gasteiger partial charge in [0.05, 0.1) is 70.2 Å². The van der Waals surface area contributed by atoms with Crippen LogP contribution in [0, 0.1) is 17.8 Å². The molecule has 88 heavy (non-hydrogen) atoms. The molecule has 9 aliphatic rings. The van der Waals surface area contributed by atoms with Crippen molar-refractivity contribution < 1.29 is 28.7 Å². The molecule has 9 unspecified atom stereocenters. The summed E-state index contributed by atoms with van der Waals surface area (Å²) in [5, 5.41) is 15.9. The van der Waals surface area contributed by atoms with E-state index in [1.165, 1.54) is 33.1 Å². The molecular weight excluding hydrogens is 1160 g/mol. The number of rotatable bonds is 0. The van der Waals surface area contributed by atoms with Crippen LogP contribution >= 0.6 is 35.3 Å². The molecule has 9 atom stereocenters. The fourth-order valence-corrected chi connectivity index (χ4v) is 9.21. The van der Waals surface area contributed by atoms with E-state index in [-0.39, 0.29) is 0 Å². The van der Waals surface area contributed by atoms with Gasteiger partial charge in [-0.25, -0.2) is 0 Å². The maximum atomic E-state index is 5.24. The molecule has 9 rings (SSSR count). The van der Waals surface area contributed by atoms with Crippen molar-refractivity contribution in [3.05, 3.63) is 0 Å². The van der Waals surface area contributed by atoms with Gasteiger partial charge in [0.25, 0.3) is 0 Å². The average molecular weight is 1310 g/mol. The minimum Gasteiger partial charge on any atom is -0.481 e. The van der Waals surface area contributed by atoms with E-state index in [9.17, 15) is 0 Å². The van der Waals surface area contributed by atoms with E-state index in [2.05, 4.69) is 122 Å². The number of ether oxygens (including phenoxy) is 3. The zero-order valence-electron chi connectivity index (χ0n) is 64.7. The van der Waals surface area contributed by atoms with E-state index in [1.807, 2.05) is 208 Å². The van der Waals surface area contributed by atoms with Gasteiger partial charge in [0.15, 0.2) is 17.7 Å². The Kier molecular flexibility index (Phi) is 94.3. The van der Waals surface area contributed by atoms with Crippen LogP contribution in [0.2, 0.25) is 0 Å². The molecule has 9 aliphatic heterocycles. The molecule has 0 aromatic rings. The fraction of sp³-hybridized carbons (Fsp3) is 0.871. The first-order valence-electron chi connectivity index (χ1n) is 34.6. The third-order valence-corrected chi connectivity index (χ3v) is 14.1. The van der Waals surface area contributed by atoms with Crippen LogP contribution in [0.25, 0.3) is 0 Å². The van der Waals surface area contributed by atoms with Crippen LogP contribution in [0.5, 0.6) is 0 Å². The summed E-state index contributed by atoms with van der Waals surface area (Å²) in [6.45, 7) is 79.2. The summed E-state index contributed by atoms with van der Waals surface area (Å²) in [6.07, 6.45) is 8.54. The van der Waals surface area contributed by atoms with Gasteiger partial charge in [0.2, 0.25) is 0 Å². The second kappa shape index (κ2) is 80.0. The number of aliphatic imine (C=N–C) groups is 6. The minimum absolute atomic E-state index is 0.332. The molecular formula is C70H149N9O6S3. The molecule has 528 valence electrons. The van der Waals surface area contributed by atoms with E-state index < -0.39 is 0 Å². The lowest BCUT2D eigenvalue weighted by atomic mass is 10.0. The quantitative estimate of drug-likeness (QED) is 0.229. The SMILES string of the molecule is CC.CC.CC.CC.CC.CC.CC.CC.CC.CC1=NC(C)CCO1.CC1=NC(C)CCS1.CC1=NC(C)CS1.CC1=NCC(C)CO1.CC1=NCC(C)S1.CC1=NCCC(C)O1.CC1=NOC(C)CC1.CC1=NOCC(C)C1.CC1=NOCCC1C. The minimum atomic E-state index is 0.332. The van der Waals surface area contributed by atoms with Gasteiger partial charge in [0.1, 0.15) is 19.3 Å². The van der Waals surface area contributed by atoms with E-state index in [1.54, 1.807) is 0 Å². The van der Waals surface area contributed by atoms with E-state index in [0.29, 0.717) is 48.1 Å². The molecule has 0 saturated heterocycles.